The topological polar surface area (TPSA) is 75.2 Å². The molecule has 0 spiro atoms. The van der Waals surface area contributed by atoms with Gasteiger partial charge in [0.15, 0.2) is 0 Å². The Balaban J connectivity index is 1.53. The molecule has 2 amide bonds. The summed E-state index contributed by atoms with van der Waals surface area (Å²) in [6.45, 7) is 4.46. The average Bonchev–Trinajstić information content (AvgIpc) is 3.30. The number of amides is 2. The van der Waals surface area contributed by atoms with Gasteiger partial charge in [0.05, 0.1) is 4.91 Å². The van der Waals surface area contributed by atoms with Crippen LogP contribution in [0.15, 0.2) is 22.4 Å². The molecule has 1 fully saturated rings. The van der Waals surface area contributed by atoms with Gasteiger partial charge in [-0.15, -0.1) is 21.5 Å². The van der Waals surface area contributed by atoms with E-state index in [1.54, 1.807) is 11.3 Å². The Bertz CT molecular complexity index is 873. The fourth-order valence-electron chi connectivity index (χ4n) is 2.33. The van der Waals surface area contributed by atoms with E-state index in [4.69, 9.17) is 12.2 Å². The maximum absolute atomic E-state index is 12.5. The van der Waals surface area contributed by atoms with Crippen LogP contribution in [-0.4, -0.2) is 37.8 Å². The van der Waals surface area contributed by atoms with Crippen LogP contribution >= 0.6 is 46.7 Å². The van der Waals surface area contributed by atoms with Crippen molar-refractivity contribution in [2.45, 2.75) is 26.7 Å². The molecule has 1 aliphatic heterocycles. The van der Waals surface area contributed by atoms with E-state index in [1.807, 2.05) is 23.6 Å². The summed E-state index contributed by atoms with van der Waals surface area (Å²) in [5.41, 5.74) is 0. The molecule has 142 valence electrons. The number of carbonyl (C=O) groups is 2. The molecule has 27 heavy (non-hydrogen) atoms. The standard InChI is InChI=1S/C17H18N4O2S4/c1-10(2)8-14-19-20-16(27-14)18-13(22)5-6-21-15(23)12(26-17(21)24)9-11-4-3-7-25-11/h3-4,7,9-10H,5-6,8H2,1-2H3,(H,18,20,22)/b12-9-. The van der Waals surface area contributed by atoms with Crippen molar-refractivity contribution < 1.29 is 9.59 Å². The molecular formula is C17H18N4O2S4. The smallest absolute Gasteiger partial charge is 0.266 e. The van der Waals surface area contributed by atoms with Crippen molar-refractivity contribution in [3.63, 3.8) is 0 Å². The predicted molar refractivity (Wildman–Crippen MR) is 116 cm³/mol. The van der Waals surface area contributed by atoms with E-state index in [0.29, 0.717) is 20.3 Å². The third-order valence-electron chi connectivity index (χ3n) is 3.55. The third kappa shape index (κ3) is 5.44. The number of hydrogen-bond donors (Lipinski definition) is 1. The molecule has 0 aliphatic carbocycles. The lowest BCUT2D eigenvalue weighted by Crippen LogP contribution is -2.31. The fraction of sp³-hybridized carbons (Fsp3) is 0.353. The molecule has 0 atom stereocenters. The van der Waals surface area contributed by atoms with Crippen molar-refractivity contribution in [2.24, 2.45) is 5.92 Å². The van der Waals surface area contributed by atoms with Crippen LogP contribution in [-0.2, 0) is 16.0 Å². The first-order valence-corrected chi connectivity index (χ1v) is 11.3. The van der Waals surface area contributed by atoms with Gasteiger partial charge < -0.3 is 5.32 Å². The molecule has 2 aromatic heterocycles. The number of nitrogens with one attached hydrogen (secondary N) is 1. The maximum Gasteiger partial charge on any atom is 0.266 e. The predicted octanol–water partition coefficient (Wildman–Crippen LogP) is 4.03. The lowest BCUT2D eigenvalue weighted by atomic mass is 10.1. The Labute approximate surface area is 175 Å². The first kappa shape index (κ1) is 20.1. The number of aromatic nitrogens is 2. The van der Waals surface area contributed by atoms with Crippen LogP contribution in [0.25, 0.3) is 6.08 Å². The number of carbonyl (C=O) groups excluding carboxylic acids is 2. The molecular weight excluding hydrogens is 420 g/mol. The van der Waals surface area contributed by atoms with Crippen LogP contribution in [0.5, 0.6) is 0 Å². The lowest BCUT2D eigenvalue weighted by Gasteiger charge is -2.13. The largest absolute Gasteiger partial charge is 0.300 e. The zero-order chi connectivity index (χ0) is 19.4. The summed E-state index contributed by atoms with van der Waals surface area (Å²) in [4.78, 5) is 27.8. The van der Waals surface area contributed by atoms with Crippen LogP contribution in [0.3, 0.4) is 0 Å². The molecule has 3 heterocycles. The van der Waals surface area contributed by atoms with E-state index >= 15 is 0 Å². The quantitative estimate of drug-likeness (QED) is 0.520. The van der Waals surface area contributed by atoms with Gasteiger partial charge in [-0.3, -0.25) is 14.5 Å². The van der Waals surface area contributed by atoms with Gasteiger partial charge in [0.2, 0.25) is 11.0 Å². The van der Waals surface area contributed by atoms with Gasteiger partial charge in [0, 0.05) is 24.3 Å². The number of rotatable bonds is 7. The van der Waals surface area contributed by atoms with Gasteiger partial charge >= 0.3 is 0 Å². The molecule has 6 nitrogen and oxygen atoms in total. The summed E-state index contributed by atoms with van der Waals surface area (Å²) in [7, 11) is 0. The van der Waals surface area contributed by atoms with Gasteiger partial charge in [-0.05, 0) is 23.4 Å². The van der Waals surface area contributed by atoms with E-state index in [-0.39, 0.29) is 24.8 Å². The first-order valence-electron chi connectivity index (χ1n) is 8.33. The molecule has 3 rings (SSSR count). The monoisotopic (exact) mass is 438 g/mol. The fourth-order valence-corrected chi connectivity index (χ4v) is 5.33. The summed E-state index contributed by atoms with van der Waals surface area (Å²) in [6, 6.07) is 3.88. The molecule has 0 saturated carbocycles. The Morgan fingerprint density at radius 3 is 2.93 bits per heavy atom. The molecule has 0 bridgehead atoms. The van der Waals surface area contributed by atoms with Gasteiger partial charge in [-0.1, -0.05) is 55.2 Å². The molecule has 10 heteroatoms. The summed E-state index contributed by atoms with van der Waals surface area (Å²) in [6.07, 6.45) is 2.82. The number of hydrogen-bond acceptors (Lipinski definition) is 8. The van der Waals surface area contributed by atoms with E-state index in [9.17, 15) is 9.59 Å². The van der Waals surface area contributed by atoms with Crippen LogP contribution in [0.2, 0.25) is 0 Å². The summed E-state index contributed by atoms with van der Waals surface area (Å²) >= 11 is 9.50. The van der Waals surface area contributed by atoms with Gasteiger partial charge in [0.1, 0.15) is 9.33 Å². The maximum atomic E-state index is 12.5. The number of nitrogens with zero attached hydrogens (tertiary/aromatic N) is 3. The highest BCUT2D eigenvalue weighted by Gasteiger charge is 2.32. The van der Waals surface area contributed by atoms with Crippen LogP contribution in [0.4, 0.5) is 5.13 Å². The molecule has 1 saturated heterocycles. The number of thiocarbonyl (C=S) groups is 1. The first-order chi connectivity index (χ1) is 12.9. The molecule has 2 aromatic rings. The van der Waals surface area contributed by atoms with Crippen LogP contribution in [0, 0.1) is 5.92 Å². The minimum absolute atomic E-state index is 0.151. The SMILES string of the molecule is CC(C)Cc1nnc(NC(=O)CCN2C(=O)/C(=C/c3cccs3)SC2=S)s1. The average molecular weight is 439 g/mol. The minimum atomic E-state index is -0.210. The Morgan fingerprint density at radius 1 is 1.41 bits per heavy atom. The highest BCUT2D eigenvalue weighted by atomic mass is 32.2. The second-order valence-electron chi connectivity index (χ2n) is 6.25. The summed E-state index contributed by atoms with van der Waals surface area (Å²) in [5, 5.41) is 14.1. The summed E-state index contributed by atoms with van der Waals surface area (Å²) in [5.74, 6) is 0.123. The minimum Gasteiger partial charge on any atom is -0.300 e. The van der Waals surface area contributed by atoms with Crippen molar-refractivity contribution in [2.75, 3.05) is 11.9 Å². The highest BCUT2D eigenvalue weighted by molar-refractivity contribution is 8.26. The van der Waals surface area contributed by atoms with Gasteiger partial charge in [-0.2, -0.15) is 0 Å². The van der Waals surface area contributed by atoms with Crippen LogP contribution < -0.4 is 5.32 Å². The number of anilines is 1. The van der Waals surface area contributed by atoms with Crippen molar-refractivity contribution in [1.82, 2.24) is 15.1 Å². The van der Waals surface area contributed by atoms with Crippen LogP contribution in [0.1, 0.15) is 30.2 Å². The zero-order valence-electron chi connectivity index (χ0n) is 14.8. The zero-order valence-corrected chi connectivity index (χ0v) is 18.1. The Kier molecular flexibility index (Phi) is 6.74. The second-order valence-corrected chi connectivity index (χ2v) is 9.96. The number of thiophene rings is 1. The molecule has 1 aliphatic rings. The normalized spacial score (nSPS) is 16.0. The van der Waals surface area contributed by atoms with E-state index in [0.717, 1.165) is 16.3 Å². The van der Waals surface area contributed by atoms with Crippen molar-refractivity contribution in [1.29, 1.82) is 0 Å². The van der Waals surface area contributed by atoms with Crippen molar-refractivity contribution >= 4 is 74.0 Å². The van der Waals surface area contributed by atoms with E-state index < -0.39 is 0 Å². The van der Waals surface area contributed by atoms with Gasteiger partial charge in [0.25, 0.3) is 5.91 Å². The Hall–Kier alpha value is -1.62. The molecule has 1 N–H and O–H groups in total. The lowest BCUT2D eigenvalue weighted by molar-refractivity contribution is -0.122. The van der Waals surface area contributed by atoms with Crippen molar-refractivity contribution in [3.05, 3.63) is 32.3 Å². The van der Waals surface area contributed by atoms with E-state index in [2.05, 4.69) is 29.4 Å². The third-order valence-corrected chi connectivity index (χ3v) is 6.61. The number of thioether (sulfide) groups is 1. The summed E-state index contributed by atoms with van der Waals surface area (Å²) < 4.78 is 0.478. The molecule has 0 unspecified atom stereocenters. The molecule has 0 radical (unpaired) electrons. The van der Waals surface area contributed by atoms with E-state index in [1.165, 1.54) is 28.0 Å². The van der Waals surface area contributed by atoms with Crippen molar-refractivity contribution in [3.8, 4) is 0 Å². The highest BCUT2D eigenvalue weighted by Crippen LogP contribution is 2.33. The molecule has 0 aromatic carbocycles. The van der Waals surface area contributed by atoms with Gasteiger partial charge in [-0.25, -0.2) is 0 Å². The Morgan fingerprint density at radius 2 is 2.22 bits per heavy atom. The second kappa shape index (κ2) is 9.05.